The highest BCUT2D eigenvalue weighted by Gasteiger charge is 2.15. The minimum absolute atomic E-state index is 0.0331. The summed E-state index contributed by atoms with van der Waals surface area (Å²) < 4.78 is 1.94. The molecule has 0 aliphatic rings. The molecular weight excluding hydrogens is 338 g/mol. The molecule has 2 aromatic rings. The number of imide groups is 1. The van der Waals surface area contributed by atoms with Crippen molar-refractivity contribution in [3.63, 3.8) is 0 Å². The van der Waals surface area contributed by atoms with E-state index in [0.29, 0.717) is 22.5 Å². The molecule has 0 aliphatic heterocycles. The molecule has 0 saturated carbocycles. The van der Waals surface area contributed by atoms with E-state index in [1.165, 1.54) is 11.8 Å². The van der Waals surface area contributed by atoms with Crippen molar-refractivity contribution < 1.29 is 9.59 Å². The number of nitrogens with two attached hydrogens (primary N) is 1. The Balaban J connectivity index is 2.19. The van der Waals surface area contributed by atoms with E-state index in [1.807, 2.05) is 28.9 Å². The minimum Gasteiger partial charge on any atom is -0.351 e. The molecule has 0 unspecified atom stereocenters. The van der Waals surface area contributed by atoms with E-state index in [0.717, 1.165) is 12.0 Å². The first kappa shape index (κ1) is 17.3. The number of hydrogen-bond acceptors (Lipinski definition) is 5. The van der Waals surface area contributed by atoms with E-state index in [4.69, 9.17) is 17.3 Å². The van der Waals surface area contributed by atoms with Gasteiger partial charge in [-0.1, -0.05) is 30.3 Å². The summed E-state index contributed by atoms with van der Waals surface area (Å²) in [5.41, 5.74) is 5.80. The standard InChI is InChI=1S/C14H16ClN5O2S/c1-2-7-20-12(9-3-5-10(15)6-4-9)18-19-14(20)23-8-11(21)17-13(16)22/h3-6H,2,7-8H2,1H3,(H3,16,17,21,22). The van der Waals surface area contributed by atoms with Crippen LogP contribution in [0.2, 0.25) is 5.02 Å². The molecule has 0 bridgehead atoms. The van der Waals surface area contributed by atoms with Crippen LogP contribution in [-0.4, -0.2) is 32.5 Å². The molecule has 0 aliphatic carbocycles. The molecule has 0 atom stereocenters. The zero-order chi connectivity index (χ0) is 16.8. The van der Waals surface area contributed by atoms with Crippen LogP contribution >= 0.6 is 23.4 Å². The second-order valence-electron chi connectivity index (χ2n) is 4.67. The number of halogens is 1. The van der Waals surface area contributed by atoms with E-state index < -0.39 is 11.9 Å². The average molecular weight is 354 g/mol. The zero-order valence-corrected chi connectivity index (χ0v) is 14.0. The Morgan fingerprint density at radius 2 is 2.00 bits per heavy atom. The largest absolute Gasteiger partial charge is 0.351 e. The van der Waals surface area contributed by atoms with Crippen LogP contribution in [0.3, 0.4) is 0 Å². The van der Waals surface area contributed by atoms with Gasteiger partial charge in [0.2, 0.25) is 5.91 Å². The number of amides is 3. The fraction of sp³-hybridized carbons (Fsp3) is 0.286. The smallest absolute Gasteiger partial charge is 0.318 e. The summed E-state index contributed by atoms with van der Waals surface area (Å²) in [6.07, 6.45) is 0.889. The number of aromatic nitrogens is 3. The van der Waals surface area contributed by atoms with Crippen LogP contribution in [0.1, 0.15) is 13.3 Å². The summed E-state index contributed by atoms with van der Waals surface area (Å²) in [5.74, 6) is 0.272. The Bertz CT molecular complexity index is 702. The van der Waals surface area contributed by atoms with Crippen molar-refractivity contribution in [3.8, 4) is 11.4 Å². The minimum atomic E-state index is -0.868. The van der Waals surface area contributed by atoms with Crippen molar-refractivity contribution in [1.82, 2.24) is 20.1 Å². The Kier molecular flexibility index (Phi) is 6.00. The maximum atomic E-state index is 11.5. The molecule has 2 rings (SSSR count). The Morgan fingerprint density at radius 3 is 2.61 bits per heavy atom. The second kappa shape index (κ2) is 7.98. The lowest BCUT2D eigenvalue weighted by atomic mass is 10.2. The predicted molar refractivity (Wildman–Crippen MR) is 89.2 cm³/mol. The maximum Gasteiger partial charge on any atom is 0.318 e. The SMILES string of the molecule is CCCn1c(SCC(=O)NC(N)=O)nnc1-c1ccc(Cl)cc1. The lowest BCUT2D eigenvalue weighted by Crippen LogP contribution is -2.36. The van der Waals surface area contributed by atoms with Crippen LogP contribution in [0, 0.1) is 0 Å². The van der Waals surface area contributed by atoms with Crippen LogP contribution in [0.4, 0.5) is 4.79 Å². The Hall–Kier alpha value is -2.06. The first-order valence-corrected chi connectivity index (χ1v) is 8.28. The Morgan fingerprint density at radius 1 is 1.30 bits per heavy atom. The van der Waals surface area contributed by atoms with Gasteiger partial charge < -0.3 is 10.3 Å². The van der Waals surface area contributed by atoms with Crippen molar-refractivity contribution in [2.75, 3.05) is 5.75 Å². The number of carbonyl (C=O) groups excluding carboxylic acids is 2. The van der Waals surface area contributed by atoms with Gasteiger partial charge in [-0.3, -0.25) is 10.1 Å². The zero-order valence-electron chi connectivity index (χ0n) is 12.5. The first-order chi connectivity index (χ1) is 11.0. The maximum absolute atomic E-state index is 11.5. The van der Waals surface area contributed by atoms with Gasteiger partial charge in [0.15, 0.2) is 11.0 Å². The topological polar surface area (TPSA) is 103 Å². The van der Waals surface area contributed by atoms with Crippen LogP contribution in [0.5, 0.6) is 0 Å². The molecule has 1 heterocycles. The van der Waals surface area contributed by atoms with Crippen molar-refractivity contribution in [1.29, 1.82) is 0 Å². The highest BCUT2D eigenvalue weighted by Crippen LogP contribution is 2.25. The average Bonchev–Trinajstić information content (AvgIpc) is 2.89. The van der Waals surface area contributed by atoms with Crippen molar-refractivity contribution in [2.24, 2.45) is 5.73 Å². The highest BCUT2D eigenvalue weighted by molar-refractivity contribution is 7.99. The monoisotopic (exact) mass is 353 g/mol. The summed E-state index contributed by atoms with van der Waals surface area (Å²) in [5, 5.41) is 11.6. The molecule has 0 radical (unpaired) electrons. The molecule has 23 heavy (non-hydrogen) atoms. The number of benzene rings is 1. The van der Waals surface area contributed by atoms with Gasteiger partial charge in [-0.25, -0.2) is 4.79 Å². The summed E-state index contributed by atoms with van der Waals surface area (Å²) in [6.45, 7) is 2.75. The van der Waals surface area contributed by atoms with Crippen LogP contribution in [-0.2, 0) is 11.3 Å². The molecular formula is C14H16ClN5O2S. The number of hydrogen-bond donors (Lipinski definition) is 2. The molecule has 1 aromatic carbocycles. The van der Waals surface area contributed by atoms with E-state index in [1.54, 1.807) is 12.1 Å². The van der Waals surface area contributed by atoms with Crippen molar-refractivity contribution in [2.45, 2.75) is 25.0 Å². The molecule has 0 fully saturated rings. The normalized spacial score (nSPS) is 10.5. The number of rotatable bonds is 6. The third-order valence-corrected chi connectivity index (χ3v) is 4.08. The highest BCUT2D eigenvalue weighted by atomic mass is 35.5. The number of urea groups is 1. The van der Waals surface area contributed by atoms with E-state index in [9.17, 15) is 9.59 Å². The number of carbonyl (C=O) groups is 2. The predicted octanol–water partition coefficient (Wildman–Crippen LogP) is 2.30. The van der Waals surface area contributed by atoms with Crippen LogP contribution in [0.15, 0.2) is 29.4 Å². The summed E-state index contributed by atoms with van der Waals surface area (Å²) in [6, 6.07) is 6.44. The first-order valence-electron chi connectivity index (χ1n) is 6.92. The molecule has 9 heteroatoms. The number of nitrogens with zero attached hydrogens (tertiary/aromatic N) is 3. The van der Waals surface area contributed by atoms with Gasteiger partial charge in [0, 0.05) is 17.1 Å². The van der Waals surface area contributed by atoms with Crippen molar-refractivity contribution >= 4 is 35.3 Å². The Labute approximate surface area is 142 Å². The van der Waals surface area contributed by atoms with Crippen LogP contribution in [0.25, 0.3) is 11.4 Å². The number of thioether (sulfide) groups is 1. The molecule has 1 aromatic heterocycles. The quantitative estimate of drug-likeness (QED) is 0.775. The summed E-state index contributed by atoms with van der Waals surface area (Å²) in [4.78, 5) is 22.1. The molecule has 122 valence electrons. The molecule has 7 nitrogen and oxygen atoms in total. The number of primary amides is 1. The summed E-state index contributed by atoms with van der Waals surface area (Å²) >= 11 is 7.10. The van der Waals surface area contributed by atoms with Gasteiger partial charge in [0.1, 0.15) is 0 Å². The second-order valence-corrected chi connectivity index (χ2v) is 6.04. The van der Waals surface area contributed by atoms with Crippen molar-refractivity contribution in [3.05, 3.63) is 29.3 Å². The lowest BCUT2D eigenvalue weighted by Gasteiger charge is -2.08. The fourth-order valence-electron chi connectivity index (χ4n) is 1.94. The van der Waals surface area contributed by atoms with E-state index in [-0.39, 0.29) is 5.75 Å². The van der Waals surface area contributed by atoms with Gasteiger partial charge in [-0.15, -0.1) is 10.2 Å². The molecule has 3 N–H and O–H groups in total. The van der Waals surface area contributed by atoms with Gasteiger partial charge in [0.25, 0.3) is 0 Å². The molecule has 0 spiro atoms. The van der Waals surface area contributed by atoms with Gasteiger partial charge in [-0.05, 0) is 30.7 Å². The van der Waals surface area contributed by atoms with E-state index in [2.05, 4.69) is 10.2 Å². The number of nitrogens with one attached hydrogen (secondary N) is 1. The van der Waals surface area contributed by atoms with Gasteiger partial charge in [-0.2, -0.15) is 0 Å². The van der Waals surface area contributed by atoms with Gasteiger partial charge in [0.05, 0.1) is 5.75 Å². The molecule has 0 saturated heterocycles. The third kappa shape index (κ3) is 4.70. The van der Waals surface area contributed by atoms with E-state index >= 15 is 0 Å². The third-order valence-electron chi connectivity index (χ3n) is 2.86. The fourth-order valence-corrected chi connectivity index (χ4v) is 2.83. The van der Waals surface area contributed by atoms with Crippen LogP contribution < -0.4 is 11.1 Å². The van der Waals surface area contributed by atoms with Gasteiger partial charge >= 0.3 is 6.03 Å². The summed E-state index contributed by atoms with van der Waals surface area (Å²) in [7, 11) is 0. The molecule has 3 amide bonds. The lowest BCUT2D eigenvalue weighted by molar-refractivity contribution is -0.117.